The van der Waals surface area contributed by atoms with Crippen molar-refractivity contribution in [2.24, 2.45) is 5.73 Å². The van der Waals surface area contributed by atoms with Gasteiger partial charge >= 0.3 is 0 Å². The molecule has 0 saturated carbocycles. The molecule has 5 heteroatoms. The van der Waals surface area contributed by atoms with Gasteiger partial charge < -0.3 is 10.6 Å². The Morgan fingerprint density at radius 2 is 2.07 bits per heavy atom. The molecule has 2 rings (SSSR count). The Morgan fingerprint density at radius 3 is 2.60 bits per heavy atom. The van der Waals surface area contributed by atoms with E-state index in [1.54, 1.807) is 11.0 Å². The highest BCUT2D eigenvalue weighted by atomic mass is 35.5. The topological polar surface area (TPSA) is 46.3 Å². The summed E-state index contributed by atoms with van der Waals surface area (Å²) in [7, 11) is 0. The van der Waals surface area contributed by atoms with Crippen LogP contribution in [0.1, 0.15) is 6.42 Å². The molecule has 0 radical (unpaired) electrons. The number of hydrogen-bond donors (Lipinski definition) is 1. The molecule has 1 amide bonds. The molecule has 1 aromatic rings. The number of nitrogens with two attached hydrogens (primary N) is 1. The molecule has 1 fully saturated rings. The lowest BCUT2D eigenvalue weighted by atomic mass is 10.3. The number of rotatable bonds is 1. The smallest absolute Gasteiger partial charge is 0.228 e. The second-order valence-corrected chi connectivity index (χ2v) is 3.83. The summed E-state index contributed by atoms with van der Waals surface area (Å²) in [6, 6.07) is 7.23. The van der Waals surface area contributed by atoms with E-state index in [0.29, 0.717) is 18.0 Å². The van der Waals surface area contributed by atoms with E-state index >= 15 is 0 Å². The van der Waals surface area contributed by atoms with Crippen LogP contribution in [-0.4, -0.2) is 18.5 Å². The lowest BCUT2D eigenvalue weighted by molar-refractivity contribution is -0.117. The molecule has 2 N–H and O–H groups in total. The van der Waals surface area contributed by atoms with E-state index in [0.717, 1.165) is 5.69 Å². The van der Waals surface area contributed by atoms with Crippen LogP contribution in [0.5, 0.6) is 0 Å². The highest BCUT2D eigenvalue weighted by molar-refractivity contribution is 6.33. The third-order valence-electron chi connectivity index (χ3n) is 2.30. The molecule has 1 aromatic carbocycles. The van der Waals surface area contributed by atoms with E-state index in [1.165, 1.54) is 0 Å². The van der Waals surface area contributed by atoms with Gasteiger partial charge in [0.05, 0.1) is 10.7 Å². The maximum absolute atomic E-state index is 11.5. The summed E-state index contributed by atoms with van der Waals surface area (Å²) in [5.74, 6) is 0.0469. The maximum atomic E-state index is 11.5. The van der Waals surface area contributed by atoms with Crippen molar-refractivity contribution in [3.8, 4) is 0 Å². The molecule has 1 aliphatic rings. The third kappa shape index (κ3) is 2.43. The first-order valence-electron chi connectivity index (χ1n) is 4.49. The van der Waals surface area contributed by atoms with E-state index < -0.39 is 0 Å². The van der Waals surface area contributed by atoms with E-state index in [-0.39, 0.29) is 24.4 Å². The van der Waals surface area contributed by atoms with Crippen LogP contribution in [-0.2, 0) is 4.79 Å². The van der Waals surface area contributed by atoms with Gasteiger partial charge in [-0.15, -0.1) is 12.4 Å². The van der Waals surface area contributed by atoms with Crippen molar-refractivity contribution in [2.75, 3.05) is 11.4 Å². The van der Waals surface area contributed by atoms with Gasteiger partial charge in [0.25, 0.3) is 0 Å². The number of para-hydroxylation sites is 1. The molecule has 82 valence electrons. The number of carbonyl (C=O) groups excluding carboxylic acids is 1. The van der Waals surface area contributed by atoms with Crippen molar-refractivity contribution < 1.29 is 4.79 Å². The first kappa shape index (κ1) is 12.3. The van der Waals surface area contributed by atoms with Gasteiger partial charge in [-0.1, -0.05) is 23.7 Å². The van der Waals surface area contributed by atoms with Gasteiger partial charge in [0.2, 0.25) is 5.91 Å². The minimum atomic E-state index is -0.0706. The SMILES string of the molecule is Cl.NC1CC(=O)N(c2ccccc2Cl)C1. The van der Waals surface area contributed by atoms with Crippen LogP contribution in [0.2, 0.25) is 5.02 Å². The Labute approximate surface area is 99.6 Å². The number of benzene rings is 1. The summed E-state index contributed by atoms with van der Waals surface area (Å²) < 4.78 is 0. The van der Waals surface area contributed by atoms with Crippen molar-refractivity contribution in [1.29, 1.82) is 0 Å². The fourth-order valence-electron chi connectivity index (χ4n) is 1.64. The first-order chi connectivity index (χ1) is 6.68. The summed E-state index contributed by atoms with van der Waals surface area (Å²) >= 11 is 5.98. The largest absolute Gasteiger partial charge is 0.326 e. The fraction of sp³-hybridized carbons (Fsp3) is 0.300. The van der Waals surface area contributed by atoms with Gasteiger partial charge in [0.1, 0.15) is 0 Å². The molecule has 0 aromatic heterocycles. The normalized spacial score (nSPS) is 20.3. The second-order valence-electron chi connectivity index (χ2n) is 3.42. The van der Waals surface area contributed by atoms with Gasteiger partial charge in [-0.05, 0) is 12.1 Å². The van der Waals surface area contributed by atoms with E-state index in [1.807, 2.05) is 18.2 Å². The van der Waals surface area contributed by atoms with Crippen LogP contribution in [0.3, 0.4) is 0 Å². The van der Waals surface area contributed by atoms with Crippen LogP contribution in [0.4, 0.5) is 5.69 Å². The minimum Gasteiger partial charge on any atom is -0.326 e. The quantitative estimate of drug-likeness (QED) is 0.822. The Balaban J connectivity index is 0.00000112. The number of anilines is 1. The zero-order valence-corrected chi connectivity index (χ0v) is 9.59. The van der Waals surface area contributed by atoms with Gasteiger partial charge in [0.15, 0.2) is 0 Å². The zero-order chi connectivity index (χ0) is 10.1. The maximum Gasteiger partial charge on any atom is 0.228 e. The van der Waals surface area contributed by atoms with E-state index in [2.05, 4.69) is 0 Å². The average molecular weight is 247 g/mol. The monoisotopic (exact) mass is 246 g/mol. The molecule has 1 atom stereocenters. The Hall–Kier alpha value is -0.770. The molecule has 1 unspecified atom stereocenters. The number of halogens is 2. The minimum absolute atomic E-state index is 0. The van der Waals surface area contributed by atoms with Crippen molar-refractivity contribution in [1.82, 2.24) is 0 Å². The Kier molecular flexibility index (Phi) is 3.97. The molecular weight excluding hydrogens is 235 g/mol. The standard InChI is InChI=1S/C10H11ClN2O.ClH/c11-8-3-1-2-4-9(8)13-6-7(12)5-10(13)14;/h1-4,7H,5-6,12H2;1H. The number of nitrogens with zero attached hydrogens (tertiary/aromatic N) is 1. The summed E-state index contributed by atoms with van der Waals surface area (Å²) in [5.41, 5.74) is 6.45. The van der Waals surface area contributed by atoms with Crippen LogP contribution >= 0.6 is 24.0 Å². The highest BCUT2D eigenvalue weighted by Crippen LogP contribution is 2.28. The molecular formula is C10H12Cl2N2O. The summed E-state index contributed by atoms with van der Waals surface area (Å²) in [5, 5.41) is 0.593. The molecule has 15 heavy (non-hydrogen) atoms. The first-order valence-corrected chi connectivity index (χ1v) is 4.87. The van der Waals surface area contributed by atoms with Crippen molar-refractivity contribution in [2.45, 2.75) is 12.5 Å². The lowest BCUT2D eigenvalue weighted by Crippen LogP contribution is -2.28. The van der Waals surface area contributed by atoms with Crippen molar-refractivity contribution in [3.05, 3.63) is 29.3 Å². The van der Waals surface area contributed by atoms with E-state index in [4.69, 9.17) is 17.3 Å². The molecule has 1 saturated heterocycles. The van der Waals surface area contributed by atoms with Gasteiger partial charge in [-0.2, -0.15) is 0 Å². The lowest BCUT2D eigenvalue weighted by Gasteiger charge is -2.17. The predicted octanol–water partition coefficient (Wildman–Crippen LogP) is 1.83. The Morgan fingerprint density at radius 1 is 1.40 bits per heavy atom. The Bertz CT molecular complexity index is 370. The molecule has 1 heterocycles. The summed E-state index contributed by atoms with van der Waals surface area (Å²) in [6.07, 6.45) is 0.408. The molecule has 3 nitrogen and oxygen atoms in total. The molecule has 0 spiro atoms. The van der Waals surface area contributed by atoms with Crippen LogP contribution < -0.4 is 10.6 Å². The van der Waals surface area contributed by atoms with Gasteiger partial charge in [0, 0.05) is 19.0 Å². The average Bonchev–Trinajstić information content (AvgIpc) is 2.46. The van der Waals surface area contributed by atoms with E-state index in [9.17, 15) is 4.79 Å². The van der Waals surface area contributed by atoms with Crippen LogP contribution in [0.25, 0.3) is 0 Å². The van der Waals surface area contributed by atoms with Gasteiger partial charge in [-0.25, -0.2) is 0 Å². The van der Waals surface area contributed by atoms with Crippen LogP contribution in [0.15, 0.2) is 24.3 Å². The van der Waals surface area contributed by atoms with Crippen molar-refractivity contribution in [3.63, 3.8) is 0 Å². The summed E-state index contributed by atoms with van der Waals surface area (Å²) in [6.45, 7) is 0.558. The fourth-order valence-corrected chi connectivity index (χ4v) is 1.88. The number of hydrogen-bond acceptors (Lipinski definition) is 2. The van der Waals surface area contributed by atoms with Gasteiger partial charge in [-0.3, -0.25) is 4.79 Å². The van der Waals surface area contributed by atoms with Crippen molar-refractivity contribution >= 4 is 35.6 Å². The molecule has 1 aliphatic heterocycles. The predicted molar refractivity (Wildman–Crippen MR) is 63.6 cm³/mol. The second kappa shape index (κ2) is 4.84. The number of carbonyl (C=O) groups is 1. The molecule has 0 bridgehead atoms. The zero-order valence-electron chi connectivity index (χ0n) is 8.02. The van der Waals surface area contributed by atoms with Crippen LogP contribution in [0, 0.1) is 0 Å². The summed E-state index contributed by atoms with van der Waals surface area (Å²) in [4.78, 5) is 13.2. The third-order valence-corrected chi connectivity index (χ3v) is 2.62. The highest BCUT2D eigenvalue weighted by Gasteiger charge is 2.28. The molecule has 0 aliphatic carbocycles. The number of amides is 1.